The van der Waals surface area contributed by atoms with E-state index in [0.717, 1.165) is 25.9 Å². The van der Waals surface area contributed by atoms with Gasteiger partial charge in [0, 0.05) is 16.1 Å². The summed E-state index contributed by atoms with van der Waals surface area (Å²) in [5, 5.41) is 3.25. The third kappa shape index (κ3) is 3.04. The van der Waals surface area contributed by atoms with E-state index in [1.54, 1.807) is 14.0 Å². The molecule has 1 heterocycles. The number of aromatic nitrogens is 2. The molecule has 3 N–H and O–H groups in total. The SMILES string of the molecule is COc1cc(Nc2nc(C)nc(N)c2C)c(Br)cc1Br. The Kier molecular flexibility index (Phi) is 4.49. The largest absolute Gasteiger partial charge is 0.495 e. The molecule has 1 aromatic carbocycles. The Morgan fingerprint density at radius 3 is 2.50 bits per heavy atom. The molecule has 5 nitrogen and oxygen atoms in total. The molecule has 2 aromatic rings. The van der Waals surface area contributed by atoms with Gasteiger partial charge in [-0.05, 0) is 51.8 Å². The molecule has 2 rings (SSSR count). The zero-order chi connectivity index (χ0) is 14.9. The van der Waals surface area contributed by atoms with Crippen LogP contribution in [0.25, 0.3) is 0 Å². The number of rotatable bonds is 3. The summed E-state index contributed by atoms with van der Waals surface area (Å²) in [5.74, 6) is 2.50. The molecule has 0 aliphatic rings. The molecule has 0 spiro atoms. The van der Waals surface area contributed by atoms with Gasteiger partial charge in [-0.1, -0.05) is 0 Å². The van der Waals surface area contributed by atoms with Gasteiger partial charge in [-0.2, -0.15) is 0 Å². The Labute approximate surface area is 134 Å². The zero-order valence-electron chi connectivity index (χ0n) is 11.3. The van der Waals surface area contributed by atoms with Crippen molar-refractivity contribution < 1.29 is 4.74 Å². The minimum atomic E-state index is 0.472. The Morgan fingerprint density at radius 2 is 1.85 bits per heavy atom. The number of benzene rings is 1. The fourth-order valence-electron chi connectivity index (χ4n) is 1.68. The van der Waals surface area contributed by atoms with E-state index in [0.29, 0.717) is 17.5 Å². The quantitative estimate of drug-likeness (QED) is 0.814. The Morgan fingerprint density at radius 1 is 1.15 bits per heavy atom. The van der Waals surface area contributed by atoms with Crippen LogP contribution in [0.2, 0.25) is 0 Å². The van der Waals surface area contributed by atoms with Gasteiger partial charge in [0.15, 0.2) is 0 Å². The summed E-state index contributed by atoms with van der Waals surface area (Å²) in [7, 11) is 1.62. The van der Waals surface area contributed by atoms with Gasteiger partial charge in [0.1, 0.15) is 23.2 Å². The summed E-state index contributed by atoms with van der Waals surface area (Å²) >= 11 is 6.94. The number of halogens is 2. The van der Waals surface area contributed by atoms with Crippen LogP contribution < -0.4 is 15.8 Å². The minimum absolute atomic E-state index is 0.472. The Balaban J connectivity index is 2.45. The van der Waals surface area contributed by atoms with Gasteiger partial charge >= 0.3 is 0 Å². The van der Waals surface area contributed by atoms with Gasteiger partial charge < -0.3 is 15.8 Å². The molecule has 0 amide bonds. The lowest BCUT2D eigenvalue weighted by atomic mass is 10.2. The van der Waals surface area contributed by atoms with Crippen LogP contribution in [0.4, 0.5) is 17.3 Å². The lowest BCUT2D eigenvalue weighted by Crippen LogP contribution is -2.05. The highest BCUT2D eigenvalue weighted by Crippen LogP contribution is 2.36. The van der Waals surface area contributed by atoms with Crippen LogP contribution in [0, 0.1) is 13.8 Å². The first-order valence-corrected chi connectivity index (χ1v) is 7.41. The van der Waals surface area contributed by atoms with E-state index in [4.69, 9.17) is 10.5 Å². The van der Waals surface area contributed by atoms with Crippen LogP contribution >= 0.6 is 31.9 Å². The second kappa shape index (κ2) is 5.97. The first-order chi connectivity index (χ1) is 9.42. The Hall–Kier alpha value is -1.34. The topological polar surface area (TPSA) is 73.1 Å². The lowest BCUT2D eigenvalue weighted by Gasteiger charge is -2.14. The Bertz CT molecular complexity index is 661. The first kappa shape index (κ1) is 15.1. The van der Waals surface area contributed by atoms with E-state index in [1.807, 2.05) is 19.1 Å². The molecule has 0 fully saturated rings. The molecular formula is C13H14Br2N4O. The smallest absolute Gasteiger partial charge is 0.139 e. The number of nitrogens with two attached hydrogens (primary N) is 1. The molecule has 0 saturated heterocycles. The number of methoxy groups -OCH3 is 1. The first-order valence-electron chi connectivity index (χ1n) is 5.83. The summed E-state index contributed by atoms with van der Waals surface area (Å²) in [6.45, 7) is 3.68. The van der Waals surface area contributed by atoms with Crippen LogP contribution in [0.15, 0.2) is 21.1 Å². The van der Waals surface area contributed by atoms with Crippen molar-refractivity contribution in [3.05, 3.63) is 32.5 Å². The molecule has 0 radical (unpaired) electrons. The number of nitrogens with one attached hydrogen (secondary N) is 1. The van der Waals surface area contributed by atoms with E-state index in [9.17, 15) is 0 Å². The maximum Gasteiger partial charge on any atom is 0.139 e. The van der Waals surface area contributed by atoms with Gasteiger partial charge in [0.05, 0.1) is 17.3 Å². The number of ether oxygens (including phenoxy) is 1. The molecule has 0 aliphatic heterocycles. The van der Waals surface area contributed by atoms with Crippen LogP contribution in [-0.4, -0.2) is 17.1 Å². The van der Waals surface area contributed by atoms with Gasteiger partial charge in [0.25, 0.3) is 0 Å². The summed E-state index contributed by atoms with van der Waals surface area (Å²) in [6, 6.07) is 3.79. The molecule has 7 heteroatoms. The van der Waals surface area contributed by atoms with E-state index in [1.165, 1.54) is 0 Å². The maximum atomic E-state index is 5.86. The summed E-state index contributed by atoms with van der Waals surface area (Å²) in [6.07, 6.45) is 0. The van der Waals surface area contributed by atoms with Crippen molar-refractivity contribution >= 4 is 49.2 Å². The average molecular weight is 402 g/mol. The predicted molar refractivity (Wildman–Crippen MR) is 87.6 cm³/mol. The normalized spacial score (nSPS) is 10.4. The number of hydrogen-bond donors (Lipinski definition) is 2. The van der Waals surface area contributed by atoms with Crippen LogP contribution in [-0.2, 0) is 0 Å². The molecule has 0 saturated carbocycles. The molecule has 0 unspecified atom stereocenters. The molecule has 0 atom stereocenters. The summed E-state index contributed by atoms with van der Waals surface area (Å²) < 4.78 is 7.05. The third-order valence-electron chi connectivity index (χ3n) is 2.79. The fraction of sp³-hybridized carbons (Fsp3) is 0.231. The van der Waals surface area contributed by atoms with E-state index < -0.39 is 0 Å². The maximum absolute atomic E-state index is 5.86. The van der Waals surface area contributed by atoms with Crippen molar-refractivity contribution in [2.75, 3.05) is 18.2 Å². The molecule has 0 bridgehead atoms. The molecule has 20 heavy (non-hydrogen) atoms. The number of nitrogens with zero attached hydrogens (tertiary/aromatic N) is 2. The van der Waals surface area contributed by atoms with E-state index in [-0.39, 0.29) is 0 Å². The summed E-state index contributed by atoms with van der Waals surface area (Å²) in [4.78, 5) is 8.50. The van der Waals surface area contributed by atoms with Gasteiger partial charge in [-0.25, -0.2) is 9.97 Å². The monoisotopic (exact) mass is 400 g/mol. The second-order valence-electron chi connectivity index (χ2n) is 4.22. The van der Waals surface area contributed by atoms with Crippen molar-refractivity contribution in [1.82, 2.24) is 9.97 Å². The second-order valence-corrected chi connectivity index (χ2v) is 5.93. The number of hydrogen-bond acceptors (Lipinski definition) is 5. The van der Waals surface area contributed by atoms with Crippen molar-refractivity contribution in [3.63, 3.8) is 0 Å². The number of anilines is 3. The number of aryl methyl sites for hydroxylation is 1. The highest BCUT2D eigenvalue weighted by atomic mass is 79.9. The predicted octanol–water partition coefficient (Wildman–Crippen LogP) is 3.95. The van der Waals surface area contributed by atoms with Crippen LogP contribution in [0.5, 0.6) is 5.75 Å². The fourth-order valence-corrected chi connectivity index (χ4v) is 2.94. The van der Waals surface area contributed by atoms with Crippen LogP contribution in [0.3, 0.4) is 0 Å². The molecule has 0 aliphatic carbocycles. The van der Waals surface area contributed by atoms with Crippen molar-refractivity contribution in [3.8, 4) is 5.75 Å². The van der Waals surface area contributed by atoms with Gasteiger partial charge in [-0.15, -0.1) is 0 Å². The van der Waals surface area contributed by atoms with Gasteiger partial charge in [0.2, 0.25) is 0 Å². The van der Waals surface area contributed by atoms with E-state index in [2.05, 4.69) is 47.1 Å². The third-order valence-corrected chi connectivity index (χ3v) is 4.07. The average Bonchev–Trinajstić information content (AvgIpc) is 2.38. The lowest BCUT2D eigenvalue weighted by molar-refractivity contribution is 0.412. The highest BCUT2D eigenvalue weighted by Gasteiger charge is 2.11. The highest BCUT2D eigenvalue weighted by molar-refractivity contribution is 9.11. The van der Waals surface area contributed by atoms with Gasteiger partial charge in [-0.3, -0.25) is 0 Å². The summed E-state index contributed by atoms with van der Waals surface area (Å²) in [5.41, 5.74) is 7.51. The van der Waals surface area contributed by atoms with Crippen molar-refractivity contribution in [2.24, 2.45) is 0 Å². The molecule has 106 valence electrons. The molecule has 1 aromatic heterocycles. The van der Waals surface area contributed by atoms with E-state index >= 15 is 0 Å². The standard InChI is InChI=1S/C13H14Br2N4O/c1-6-12(16)17-7(2)18-13(6)19-10-5-11(20-3)9(15)4-8(10)14/h4-5H,1-3H3,(H3,16,17,18,19). The number of nitrogen functional groups attached to an aromatic ring is 1. The van der Waals surface area contributed by atoms with Crippen molar-refractivity contribution in [1.29, 1.82) is 0 Å². The minimum Gasteiger partial charge on any atom is -0.495 e. The zero-order valence-corrected chi connectivity index (χ0v) is 14.5. The van der Waals surface area contributed by atoms with Crippen LogP contribution in [0.1, 0.15) is 11.4 Å². The molecular weight excluding hydrogens is 388 g/mol. The van der Waals surface area contributed by atoms with Crippen molar-refractivity contribution in [2.45, 2.75) is 13.8 Å².